The van der Waals surface area contributed by atoms with Crippen LogP contribution < -0.4 is 4.74 Å². The fraction of sp³-hybridized carbons (Fsp3) is 0.438. The molecule has 1 aromatic carbocycles. The molecule has 0 aliphatic rings. The van der Waals surface area contributed by atoms with Crippen molar-refractivity contribution in [1.82, 2.24) is 0 Å². The molecule has 110 valence electrons. The van der Waals surface area contributed by atoms with Gasteiger partial charge >= 0.3 is 5.97 Å². The lowest BCUT2D eigenvalue weighted by Gasteiger charge is -2.15. The molecule has 0 aliphatic carbocycles. The molecule has 0 saturated carbocycles. The van der Waals surface area contributed by atoms with Gasteiger partial charge in [0.15, 0.2) is 0 Å². The van der Waals surface area contributed by atoms with Gasteiger partial charge in [-0.2, -0.15) is 0 Å². The number of halogens is 1. The molecule has 0 heterocycles. The van der Waals surface area contributed by atoms with Gasteiger partial charge in [-0.05, 0) is 39.3 Å². The van der Waals surface area contributed by atoms with E-state index < -0.39 is 0 Å². The highest BCUT2D eigenvalue weighted by Crippen LogP contribution is 2.15. The second-order valence-electron chi connectivity index (χ2n) is 5.15. The molecule has 0 radical (unpaired) electrons. The van der Waals surface area contributed by atoms with Gasteiger partial charge in [0.05, 0.1) is 13.2 Å². The number of rotatable bonds is 7. The van der Waals surface area contributed by atoms with Crippen LogP contribution in [0.1, 0.15) is 27.2 Å². The van der Waals surface area contributed by atoms with Crippen LogP contribution in [0.3, 0.4) is 0 Å². The monoisotopic (exact) mass is 340 g/mol. The van der Waals surface area contributed by atoms with Crippen molar-refractivity contribution in [2.75, 3.05) is 13.2 Å². The summed E-state index contributed by atoms with van der Waals surface area (Å²) >= 11 is 3.51. The quantitative estimate of drug-likeness (QED) is 0.246. The maximum absolute atomic E-state index is 11.8. The Morgan fingerprint density at radius 2 is 1.95 bits per heavy atom. The Morgan fingerprint density at radius 3 is 2.55 bits per heavy atom. The Balaban J connectivity index is 2.32. The second kappa shape index (κ2) is 8.22. The fourth-order valence-electron chi connectivity index (χ4n) is 1.43. The van der Waals surface area contributed by atoms with Gasteiger partial charge in [0.25, 0.3) is 0 Å². The molecule has 0 unspecified atom stereocenters. The molecule has 0 atom stereocenters. The predicted molar refractivity (Wildman–Crippen MR) is 84.3 cm³/mol. The Bertz CT molecular complexity index is 447. The summed E-state index contributed by atoms with van der Waals surface area (Å²) in [5.74, 6) is 0.236. The lowest BCUT2D eigenvalue weighted by Crippen LogP contribution is -2.18. The van der Waals surface area contributed by atoms with E-state index in [4.69, 9.17) is 9.47 Å². The molecule has 4 heteroatoms. The summed E-state index contributed by atoms with van der Waals surface area (Å²) in [6.45, 7) is 7.07. The summed E-state index contributed by atoms with van der Waals surface area (Å²) in [5, 5.41) is 0. The maximum atomic E-state index is 11.8. The van der Waals surface area contributed by atoms with Crippen molar-refractivity contribution in [1.29, 1.82) is 0 Å². The second-order valence-corrected chi connectivity index (χ2v) is 7.30. The number of carbonyl (C=O) groups is 1. The van der Waals surface area contributed by atoms with E-state index in [1.165, 1.54) is 0 Å². The van der Waals surface area contributed by atoms with Crippen LogP contribution in [0.4, 0.5) is 0 Å². The Labute approximate surface area is 129 Å². The van der Waals surface area contributed by atoms with Crippen molar-refractivity contribution in [3.63, 3.8) is 0 Å². The molecule has 0 saturated heterocycles. The number of hydrogen-bond donors (Lipinski definition) is 0. The lowest BCUT2D eigenvalue weighted by atomic mass is 10.2. The van der Waals surface area contributed by atoms with Crippen LogP contribution in [0.25, 0.3) is 0 Å². The largest absolute Gasteiger partial charge is 0.423 e. The van der Waals surface area contributed by atoms with Crippen LogP contribution in [0.15, 0.2) is 42.0 Å². The van der Waals surface area contributed by atoms with E-state index in [1.807, 2.05) is 38.1 Å². The zero-order valence-corrected chi connectivity index (χ0v) is 13.8. The average Bonchev–Trinajstić information content (AvgIpc) is 2.38. The van der Waals surface area contributed by atoms with Gasteiger partial charge in [-0.1, -0.05) is 40.2 Å². The average molecular weight is 341 g/mol. The first-order chi connectivity index (χ1) is 9.38. The molecule has 0 aromatic heterocycles. The van der Waals surface area contributed by atoms with Gasteiger partial charge in [0.1, 0.15) is 5.75 Å². The van der Waals surface area contributed by atoms with E-state index in [0.717, 1.165) is 0 Å². The standard InChI is InChI=1S/C16H21BrO3/c1-13(8-7-11-19-12-16(2,3)17)15(18)20-14-9-5-4-6-10-14/h4-6,8-10H,7,11-12H2,1-3H3. The molecule has 0 fully saturated rings. The lowest BCUT2D eigenvalue weighted by molar-refractivity contribution is -0.130. The SMILES string of the molecule is CC(=CCCOCC(C)(C)Br)C(=O)Oc1ccccc1. The molecule has 0 spiro atoms. The summed E-state index contributed by atoms with van der Waals surface area (Å²) < 4.78 is 10.7. The zero-order valence-electron chi connectivity index (χ0n) is 12.2. The van der Waals surface area contributed by atoms with Gasteiger partial charge in [0, 0.05) is 9.90 Å². The van der Waals surface area contributed by atoms with Crippen molar-refractivity contribution in [2.24, 2.45) is 0 Å². The Kier molecular flexibility index (Phi) is 6.96. The van der Waals surface area contributed by atoms with Crippen LogP contribution in [-0.4, -0.2) is 23.5 Å². The highest BCUT2D eigenvalue weighted by Gasteiger charge is 2.12. The molecule has 0 N–H and O–H groups in total. The molecular formula is C16H21BrO3. The van der Waals surface area contributed by atoms with Crippen LogP contribution in [-0.2, 0) is 9.53 Å². The number of alkyl halides is 1. The van der Waals surface area contributed by atoms with E-state index >= 15 is 0 Å². The van der Waals surface area contributed by atoms with E-state index in [0.29, 0.717) is 31.0 Å². The number of carbonyl (C=O) groups excluding carboxylic acids is 1. The van der Waals surface area contributed by atoms with Gasteiger partial charge in [0.2, 0.25) is 0 Å². The number of ether oxygens (including phenoxy) is 2. The van der Waals surface area contributed by atoms with Crippen LogP contribution >= 0.6 is 15.9 Å². The molecule has 3 nitrogen and oxygen atoms in total. The van der Waals surface area contributed by atoms with E-state index in [9.17, 15) is 4.79 Å². The Morgan fingerprint density at radius 1 is 1.30 bits per heavy atom. The maximum Gasteiger partial charge on any atom is 0.338 e. The zero-order chi connectivity index (χ0) is 15.0. The van der Waals surface area contributed by atoms with Crippen molar-refractivity contribution >= 4 is 21.9 Å². The molecule has 1 rings (SSSR count). The van der Waals surface area contributed by atoms with Crippen molar-refractivity contribution < 1.29 is 14.3 Å². The third kappa shape index (κ3) is 7.46. The van der Waals surface area contributed by atoms with Gasteiger partial charge in [-0.15, -0.1) is 0 Å². The van der Waals surface area contributed by atoms with Gasteiger partial charge < -0.3 is 9.47 Å². The van der Waals surface area contributed by atoms with Gasteiger partial charge in [-0.25, -0.2) is 4.79 Å². The van der Waals surface area contributed by atoms with E-state index in [2.05, 4.69) is 15.9 Å². The summed E-state index contributed by atoms with van der Waals surface area (Å²) in [7, 11) is 0. The Hall–Kier alpha value is -1.13. The minimum atomic E-state index is -0.322. The smallest absolute Gasteiger partial charge is 0.338 e. The molecule has 0 bridgehead atoms. The first-order valence-electron chi connectivity index (χ1n) is 6.59. The third-order valence-electron chi connectivity index (χ3n) is 2.43. The first-order valence-corrected chi connectivity index (χ1v) is 7.38. The molecule has 0 amide bonds. The predicted octanol–water partition coefficient (Wildman–Crippen LogP) is 4.12. The molecule has 20 heavy (non-hydrogen) atoms. The van der Waals surface area contributed by atoms with Crippen molar-refractivity contribution in [2.45, 2.75) is 31.5 Å². The summed E-state index contributed by atoms with van der Waals surface area (Å²) in [6, 6.07) is 9.05. The number of hydrogen-bond acceptors (Lipinski definition) is 3. The summed E-state index contributed by atoms with van der Waals surface area (Å²) in [5.41, 5.74) is 0.593. The van der Waals surface area contributed by atoms with Crippen LogP contribution in [0, 0.1) is 0 Å². The normalized spacial score (nSPS) is 12.3. The van der Waals surface area contributed by atoms with Crippen molar-refractivity contribution in [3.05, 3.63) is 42.0 Å². The first kappa shape index (κ1) is 16.9. The topological polar surface area (TPSA) is 35.5 Å². The van der Waals surface area contributed by atoms with E-state index in [-0.39, 0.29) is 10.3 Å². The van der Waals surface area contributed by atoms with Crippen LogP contribution in [0.5, 0.6) is 5.75 Å². The fourth-order valence-corrected chi connectivity index (χ4v) is 1.59. The number of esters is 1. The number of para-hydroxylation sites is 1. The number of benzene rings is 1. The van der Waals surface area contributed by atoms with Crippen molar-refractivity contribution in [3.8, 4) is 5.75 Å². The molecule has 0 aliphatic heterocycles. The highest BCUT2D eigenvalue weighted by molar-refractivity contribution is 9.10. The van der Waals surface area contributed by atoms with Gasteiger partial charge in [-0.3, -0.25) is 0 Å². The highest BCUT2D eigenvalue weighted by atomic mass is 79.9. The van der Waals surface area contributed by atoms with Crippen LogP contribution in [0.2, 0.25) is 0 Å². The van der Waals surface area contributed by atoms with E-state index in [1.54, 1.807) is 19.1 Å². The molecule has 1 aromatic rings. The minimum Gasteiger partial charge on any atom is -0.423 e. The minimum absolute atomic E-state index is 0.0159. The molecular weight excluding hydrogens is 320 g/mol. The summed E-state index contributed by atoms with van der Waals surface area (Å²) in [4.78, 5) is 11.8. The summed E-state index contributed by atoms with van der Waals surface area (Å²) in [6.07, 6.45) is 2.53. The third-order valence-corrected chi connectivity index (χ3v) is 2.66.